The molecule has 2 N–H and O–H groups in total. The molecule has 0 aromatic heterocycles. The summed E-state index contributed by atoms with van der Waals surface area (Å²) in [7, 11) is 0. The molecular weight excluding hydrogens is 282 g/mol. The molecule has 110 valence electrons. The molecule has 1 aromatic rings. The molecule has 0 saturated heterocycles. The molecule has 1 aromatic carbocycles. The van der Waals surface area contributed by atoms with Crippen LogP contribution < -0.4 is 10.6 Å². The molecule has 0 heterocycles. The van der Waals surface area contributed by atoms with Crippen LogP contribution in [0.3, 0.4) is 0 Å². The van der Waals surface area contributed by atoms with Crippen molar-refractivity contribution in [2.75, 3.05) is 17.3 Å². The molecule has 1 aliphatic carbocycles. The van der Waals surface area contributed by atoms with Gasteiger partial charge in [0.2, 0.25) is 5.91 Å². The minimum atomic E-state index is -0.756. The summed E-state index contributed by atoms with van der Waals surface area (Å²) in [5, 5.41) is 5.78. The number of halogens is 2. The molecule has 1 fully saturated rings. The van der Waals surface area contributed by atoms with Gasteiger partial charge in [-0.1, -0.05) is 0 Å². The summed E-state index contributed by atoms with van der Waals surface area (Å²) in [4.78, 5) is 12.2. The van der Waals surface area contributed by atoms with Crippen LogP contribution in [0.2, 0.25) is 0 Å². The highest BCUT2D eigenvalue weighted by atomic mass is 32.2. The Kier molecular flexibility index (Phi) is 5.37. The highest BCUT2D eigenvalue weighted by Gasteiger charge is 2.28. The van der Waals surface area contributed by atoms with E-state index in [1.54, 1.807) is 11.8 Å². The first-order valence-corrected chi connectivity index (χ1v) is 8.00. The molecule has 1 atom stereocenters. The molecule has 1 amide bonds. The van der Waals surface area contributed by atoms with E-state index in [0.717, 1.165) is 30.7 Å². The van der Waals surface area contributed by atoms with Crippen LogP contribution in [-0.4, -0.2) is 30.0 Å². The third-order valence-electron chi connectivity index (χ3n) is 3.13. The van der Waals surface area contributed by atoms with Gasteiger partial charge in [0.05, 0.1) is 11.7 Å². The number of hydrogen-bond acceptors (Lipinski definition) is 3. The van der Waals surface area contributed by atoms with E-state index in [2.05, 4.69) is 10.6 Å². The van der Waals surface area contributed by atoms with Gasteiger partial charge in [-0.05, 0) is 43.4 Å². The van der Waals surface area contributed by atoms with Crippen LogP contribution in [0, 0.1) is 11.6 Å². The van der Waals surface area contributed by atoms with Crippen LogP contribution in [0.15, 0.2) is 18.2 Å². The molecule has 20 heavy (non-hydrogen) atoms. The van der Waals surface area contributed by atoms with Gasteiger partial charge in [0, 0.05) is 12.1 Å². The lowest BCUT2D eigenvalue weighted by molar-refractivity contribution is -0.118. The Bertz CT molecular complexity index is 480. The van der Waals surface area contributed by atoms with Crippen molar-refractivity contribution in [1.29, 1.82) is 0 Å². The molecular formula is C14H18F2N2OS. The predicted octanol–water partition coefficient (Wildman–Crippen LogP) is 2.78. The summed E-state index contributed by atoms with van der Waals surface area (Å²) in [6.07, 6.45) is 4.82. The van der Waals surface area contributed by atoms with Crippen LogP contribution in [0.4, 0.5) is 14.5 Å². The van der Waals surface area contributed by atoms with Gasteiger partial charge in [-0.3, -0.25) is 4.79 Å². The van der Waals surface area contributed by atoms with Crippen molar-refractivity contribution in [3.8, 4) is 0 Å². The van der Waals surface area contributed by atoms with Crippen molar-refractivity contribution in [2.24, 2.45) is 0 Å². The smallest absolute Gasteiger partial charge is 0.241 e. The summed E-state index contributed by atoms with van der Waals surface area (Å²) in [6.45, 7) is 0. The van der Waals surface area contributed by atoms with E-state index in [0.29, 0.717) is 12.5 Å². The van der Waals surface area contributed by atoms with E-state index in [-0.39, 0.29) is 17.6 Å². The molecule has 0 unspecified atom stereocenters. The Hall–Kier alpha value is -1.14. The monoisotopic (exact) mass is 300 g/mol. The standard InChI is InChI=1S/C14H18F2N2OS/c1-20-7-6-13(17-10-3-4-10)14(19)18-12-5-2-9(15)8-11(12)16/h2,5,8,10,13,17H,3-4,6-7H2,1H3,(H,18,19)/t13-/m0/s1. The first-order valence-electron chi connectivity index (χ1n) is 6.61. The highest BCUT2D eigenvalue weighted by molar-refractivity contribution is 7.98. The Morgan fingerprint density at radius 2 is 2.20 bits per heavy atom. The normalized spacial score (nSPS) is 15.9. The first-order chi connectivity index (χ1) is 9.60. The fraction of sp³-hybridized carbons (Fsp3) is 0.500. The third kappa shape index (κ3) is 4.45. The second-order valence-corrected chi connectivity index (χ2v) is 5.87. The zero-order valence-corrected chi connectivity index (χ0v) is 12.1. The zero-order valence-electron chi connectivity index (χ0n) is 11.3. The minimum Gasteiger partial charge on any atom is -0.322 e. The van der Waals surface area contributed by atoms with Crippen LogP contribution in [0.25, 0.3) is 0 Å². The number of nitrogens with one attached hydrogen (secondary N) is 2. The van der Waals surface area contributed by atoms with Gasteiger partial charge < -0.3 is 10.6 Å². The van der Waals surface area contributed by atoms with Crippen LogP contribution in [-0.2, 0) is 4.79 Å². The number of carbonyl (C=O) groups is 1. The fourth-order valence-corrected chi connectivity index (χ4v) is 2.34. The van der Waals surface area contributed by atoms with Gasteiger partial charge in [0.25, 0.3) is 0 Å². The van der Waals surface area contributed by atoms with E-state index in [1.165, 1.54) is 6.07 Å². The number of hydrogen-bond donors (Lipinski definition) is 2. The number of anilines is 1. The number of benzene rings is 1. The van der Waals surface area contributed by atoms with E-state index in [4.69, 9.17) is 0 Å². The molecule has 0 spiro atoms. The maximum atomic E-state index is 13.5. The quantitative estimate of drug-likeness (QED) is 0.813. The molecule has 0 radical (unpaired) electrons. The van der Waals surface area contributed by atoms with E-state index in [1.807, 2.05) is 6.26 Å². The maximum absolute atomic E-state index is 13.5. The molecule has 3 nitrogen and oxygen atoms in total. The number of amides is 1. The summed E-state index contributed by atoms with van der Waals surface area (Å²) in [5.74, 6) is -0.829. The van der Waals surface area contributed by atoms with Crippen molar-refractivity contribution in [3.05, 3.63) is 29.8 Å². The van der Waals surface area contributed by atoms with Gasteiger partial charge in [-0.2, -0.15) is 11.8 Å². The van der Waals surface area contributed by atoms with E-state index in [9.17, 15) is 13.6 Å². The molecule has 1 saturated carbocycles. The van der Waals surface area contributed by atoms with Crippen molar-refractivity contribution in [3.63, 3.8) is 0 Å². The third-order valence-corrected chi connectivity index (χ3v) is 3.77. The van der Waals surface area contributed by atoms with Crippen LogP contribution in [0.5, 0.6) is 0 Å². The Balaban J connectivity index is 1.98. The molecule has 0 bridgehead atoms. The largest absolute Gasteiger partial charge is 0.322 e. The average Bonchev–Trinajstić information content (AvgIpc) is 3.21. The maximum Gasteiger partial charge on any atom is 0.241 e. The minimum absolute atomic E-state index is 0.0168. The molecule has 0 aliphatic heterocycles. The van der Waals surface area contributed by atoms with Gasteiger partial charge in [0.1, 0.15) is 11.6 Å². The number of rotatable bonds is 7. The lowest BCUT2D eigenvalue weighted by Crippen LogP contribution is -2.42. The second-order valence-electron chi connectivity index (χ2n) is 4.89. The molecule has 1 aliphatic rings. The first kappa shape index (κ1) is 15.3. The summed E-state index contributed by atoms with van der Waals surface area (Å²) < 4.78 is 26.3. The van der Waals surface area contributed by atoms with E-state index >= 15 is 0 Å². The van der Waals surface area contributed by atoms with Crippen LogP contribution >= 0.6 is 11.8 Å². The zero-order chi connectivity index (χ0) is 14.5. The Morgan fingerprint density at radius 3 is 2.80 bits per heavy atom. The Labute approximate surface area is 121 Å². The van der Waals surface area contributed by atoms with E-state index < -0.39 is 11.6 Å². The second kappa shape index (κ2) is 7.04. The highest BCUT2D eigenvalue weighted by Crippen LogP contribution is 2.21. The molecule has 2 rings (SSSR count). The van der Waals surface area contributed by atoms with Crippen molar-refractivity contribution in [2.45, 2.75) is 31.3 Å². The SMILES string of the molecule is CSCC[C@H](NC1CC1)C(=O)Nc1ccc(F)cc1F. The predicted molar refractivity (Wildman–Crippen MR) is 77.9 cm³/mol. The number of thioether (sulfide) groups is 1. The lowest BCUT2D eigenvalue weighted by atomic mass is 10.2. The fourth-order valence-electron chi connectivity index (χ4n) is 1.87. The topological polar surface area (TPSA) is 41.1 Å². The van der Waals surface area contributed by atoms with Gasteiger partial charge in [-0.25, -0.2) is 8.78 Å². The summed E-state index contributed by atoms with van der Waals surface area (Å²) >= 11 is 1.66. The lowest BCUT2D eigenvalue weighted by Gasteiger charge is -2.18. The van der Waals surface area contributed by atoms with Gasteiger partial charge in [-0.15, -0.1) is 0 Å². The van der Waals surface area contributed by atoms with Gasteiger partial charge in [0.15, 0.2) is 0 Å². The average molecular weight is 300 g/mol. The number of carbonyl (C=O) groups excluding carboxylic acids is 1. The van der Waals surface area contributed by atoms with Crippen molar-refractivity contribution in [1.82, 2.24) is 5.32 Å². The van der Waals surface area contributed by atoms with Gasteiger partial charge >= 0.3 is 0 Å². The Morgan fingerprint density at radius 1 is 1.45 bits per heavy atom. The van der Waals surface area contributed by atoms with Crippen molar-refractivity contribution >= 4 is 23.4 Å². The summed E-state index contributed by atoms with van der Waals surface area (Å²) in [5.41, 5.74) is 0.0168. The summed E-state index contributed by atoms with van der Waals surface area (Å²) in [6, 6.07) is 3.20. The van der Waals surface area contributed by atoms with Crippen molar-refractivity contribution < 1.29 is 13.6 Å². The molecule has 6 heteroatoms. The van der Waals surface area contributed by atoms with Crippen LogP contribution in [0.1, 0.15) is 19.3 Å².